The highest BCUT2D eigenvalue weighted by molar-refractivity contribution is 5.81. The van der Waals surface area contributed by atoms with E-state index >= 15 is 0 Å². The molecule has 0 spiro atoms. The zero-order chi connectivity index (χ0) is 21.6. The number of aliphatic hydroxyl groups excluding tert-OH is 1. The van der Waals surface area contributed by atoms with Crippen molar-refractivity contribution in [2.24, 2.45) is 0 Å². The predicted octanol–water partition coefficient (Wildman–Crippen LogP) is 4.53. The number of halogens is 3. The quantitative estimate of drug-likeness (QED) is 0.394. The van der Waals surface area contributed by atoms with E-state index in [1.54, 1.807) is 10.6 Å². The van der Waals surface area contributed by atoms with Gasteiger partial charge in [0.1, 0.15) is 12.4 Å². The van der Waals surface area contributed by atoms with E-state index in [1.165, 1.54) is 12.1 Å². The fraction of sp³-hybridized carbons (Fsp3) is 0.0952. The van der Waals surface area contributed by atoms with Gasteiger partial charge in [0.25, 0.3) is 0 Å². The van der Waals surface area contributed by atoms with Gasteiger partial charge in [-0.2, -0.15) is 18.2 Å². The number of imidazole rings is 1. The highest BCUT2D eigenvalue weighted by atomic mass is 19.4. The number of anilines is 2. The number of hydrogen-bond acceptors (Lipinski definition) is 5. The van der Waals surface area contributed by atoms with Crippen LogP contribution in [-0.2, 0) is 12.8 Å². The Labute approximate surface area is 173 Å². The molecule has 0 saturated carbocycles. The maximum atomic E-state index is 12.7. The lowest BCUT2D eigenvalue weighted by molar-refractivity contribution is -0.137. The summed E-state index contributed by atoms with van der Waals surface area (Å²) < 4.78 is 39.9. The minimum absolute atomic E-state index is 0.179. The van der Waals surface area contributed by atoms with E-state index in [0.29, 0.717) is 17.2 Å². The van der Waals surface area contributed by atoms with Crippen LogP contribution < -0.4 is 5.32 Å². The molecule has 0 aliphatic carbocycles. The van der Waals surface area contributed by atoms with Gasteiger partial charge in [-0.1, -0.05) is 12.1 Å². The molecule has 156 valence electrons. The molecule has 0 aliphatic rings. The Morgan fingerprint density at radius 2 is 1.81 bits per heavy atom. The Balaban J connectivity index is 1.49. The Morgan fingerprint density at radius 3 is 2.55 bits per heavy atom. The number of pyridine rings is 1. The third kappa shape index (κ3) is 3.57. The molecule has 0 fully saturated rings. The summed E-state index contributed by atoms with van der Waals surface area (Å²) in [5.74, 6) is 0.742. The van der Waals surface area contributed by atoms with Gasteiger partial charge in [0.2, 0.25) is 5.95 Å². The average Bonchev–Trinajstić information content (AvgIpc) is 3.35. The van der Waals surface area contributed by atoms with Crippen LogP contribution in [0.3, 0.4) is 0 Å². The Morgan fingerprint density at radius 1 is 1.00 bits per heavy atom. The molecule has 3 aromatic heterocycles. The molecule has 0 amide bonds. The fourth-order valence-corrected chi connectivity index (χ4v) is 3.35. The van der Waals surface area contributed by atoms with Crippen LogP contribution in [0.5, 0.6) is 0 Å². The molecule has 0 bridgehead atoms. The maximum absolute atomic E-state index is 12.7. The minimum atomic E-state index is -4.39. The maximum Gasteiger partial charge on any atom is 0.416 e. The molecular formula is C21H15F3N6O. The van der Waals surface area contributed by atoms with Crippen LogP contribution in [0.2, 0.25) is 0 Å². The second-order valence-corrected chi connectivity index (χ2v) is 6.89. The first-order valence-corrected chi connectivity index (χ1v) is 9.31. The number of aromatic amines is 1. The number of hydrogen-bond donors (Lipinski definition) is 3. The van der Waals surface area contributed by atoms with E-state index in [9.17, 15) is 18.3 Å². The number of fused-ring (bicyclic) bond motifs is 2. The summed E-state index contributed by atoms with van der Waals surface area (Å²) in [5.41, 5.74) is 3.45. The first-order valence-electron chi connectivity index (χ1n) is 9.31. The highest BCUT2D eigenvalue weighted by Crippen LogP contribution is 2.30. The minimum Gasteiger partial charge on any atom is -0.388 e. The topological polar surface area (TPSA) is 91.1 Å². The Kier molecular flexibility index (Phi) is 4.36. The van der Waals surface area contributed by atoms with Crippen LogP contribution >= 0.6 is 0 Å². The number of aromatic nitrogens is 5. The normalized spacial score (nSPS) is 12.0. The van der Waals surface area contributed by atoms with Gasteiger partial charge in [-0.25, -0.2) is 9.50 Å². The van der Waals surface area contributed by atoms with E-state index in [0.717, 1.165) is 34.4 Å². The standard InChI is InChI=1S/C21H15F3N6O/c22-21(23,24)13-5-7-14(8-6-13)25-20-28-19-3-1-2-17(30(19)29-20)12-4-9-15-16(10-12)27-18(11-31)26-15/h1-10,31H,11H2,(H,25,29)(H,26,27). The summed E-state index contributed by atoms with van der Waals surface area (Å²) in [6.45, 7) is -0.179. The van der Waals surface area contributed by atoms with Gasteiger partial charge in [0, 0.05) is 11.3 Å². The van der Waals surface area contributed by atoms with Crippen LogP contribution in [-0.4, -0.2) is 29.7 Å². The summed E-state index contributed by atoms with van der Waals surface area (Å²) in [5, 5.41) is 16.7. The molecule has 5 rings (SSSR count). The number of alkyl halides is 3. The SMILES string of the molecule is OCc1nc2ccc(-c3cccc4nc(Nc5ccc(C(F)(F)F)cc5)nn34)cc2[nH]1. The van der Waals surface area contributed by atoms with E-state index in [-0.39, 0.29) is 12.6 Å². The molecular weight excluding hydrogens is 409 g/mol. The molecule has 5 aromatic rings. The molecule has 0 unspecified atom stereocenters. The highest BCUT2D eigenvalue weighted by Gasteiger charge is 2.30. The van der Waals surface area contributed by atoms with Gasteiger partial charge in [-0.05, 0) is 48.5 Å². The van der Waals surface area contributed by atoms with Gasteiger partial charge in [-0.15, -0.1) is 5.10 Å². The largest absolute Gasteiger partial charge is 0.416 e. The summed E-state index contributed by atoms with van der Waals surface area (Å²) in [6, 6.07) is 15.8. The molecule has 7 nitrogen and oxygen atoms in total. The van der Waals surface area contributed by atoms with Crippen molar-refractivity contribution in [2.45, 2.75) is 12.8 Å². The van der Waals surface area contributed by atoms with Crippen molar-refractivity contribution in [3.05, 3.63) is 72.1 Å². The lowest BCUT2D eigenvalue weighted by Gasteiger charge is -2.07. The van der Waals surface area contributed by atoms with Crippen molar-refractivity contribution in [1.82, 2.24) is 24.6 Å². The van der Waals surface area contributed by atoms with Crippen molar-refractivity contribution >= 4 is 28.3 Å². The van der Waals surface area contributed by atoms with E-state index in [2.05, 4.69) is 25.4 Å². The second kappa shape index (κ2) is 7.10. The third-order valence-corrected chi connectivity index (χ3v) is 4.80. The molecule has 10 heteroatoms. The van der Waals surface area contributed by atoms with Crippen LogP contribution in [0, 0.1) is 0 Å². The summed E-state index contributed by atoms with van der Waals surface area (Å²) >= 11 is 0. The van der Waals surface area contributed by atoms with E-state index < -0.39 is 11.7 Å². The molecule has 31 heavy (non-hydrogen) atoms. The summed E-state index contributed by atoms with van der Waals surface area (Å²) in [7, 11) is 0. The summed E-state index contributed by atoms with van der Waals surface area (Å²) in [6.07, 6.45) is -4.39. The number of aliphatic hydroxyl groups is 1. The van der Waals surface area contributed by atoms with Gasteiger partial charge >= 0.3 is 6.18 Å². The van der Waals surface area contributed by atoms with Crippen molar-refractivity contribution in [1.29, 1.82) is 0 Å². The molecule has 3 heterocycles. The number of H-pyrrole nitrogens is 1. The van der Waals surface area contributed by atoms with Crippen molar-refractivity contribution in [3.63, 3.8) is 0 Å². The Hall–Kier alpha value is -3.92. The van der Waals surface area contributed by atoms with Crippen molar-refractivity contribution < 1.29 is 18.3 Å². The molecule has 0 saturated heterocycles. The Bertz CT molecular complexity index is 1390. The molecule has 2 aromatic carbocycles. The van der Waals surface area contributed by atoms with Gasteiger partial charge in [-0.3, -0.25) is 0 Å². The average molecular weight is 424 g/mol. The van der Waals surface area contributed by atoms with E-state index in [4.69, 9.17) is 0 Å². The number of rotatable bonds is 4. The molecule has 0 radical (unpaired) electrons. The fourth-order valence-electron chi connectivity index (χ4n) is 3.35. The lowest BCUT2D eigenvalue weighted by atomic mass is 10.1. The monoisotopic (exact) mass is 424 g/mol. The van der Waals surface area contributed by atoms with Crippen LogP contribution in [0.1, 0.15) is 11.4 Å². The molecule has 3 N–H and O–H groups in total. The van der Waals surface area contributed by atoms with Gasteiger partial charge < -0.3 is 15.4 Å². The van der Waals surface area contributed by atoms with Crippen LogP contribution in [0.25, 0.3) is 27.9 Å². The van der Waals surface area contributed by atoms with Crippen LogP contribution in [0.4, 0.5) is 24.8 Å². The van der Waals surface area contributed by atoms with Crippen LogP contribution in [0.15, 0.2) is 60.7 Å². The smallest absolute Gasteiger partial charge is 0.388 e. The third-order valence-electron chi connectivity index (χ3n) is 4.80. The first kappa shape index (κ1) is 19.1. The zero-order valence-corrected chi connectivity index (χ0v) is 15.9. The lowest BCUT2D eigenvalue weighted by Crippen LogP contribution is -2.04. The molecule has 0 atom stereocenters. The van der Waals surface area contributed by atoms with Gasteiger partial charge in [0.05, 0.1) is 22.3 Å². The first-order chi connectivity index (χ1) is 14.9. The number of nitrogens with one attached hydrogen (secondary N) is 2. The van der Waals surface area contributed by atoms with Gasteiger partial charge in [0.15, 0.2) is 5.65 Å². The zero-order valence-electron chi connectivity index (χ0n) is 15.9. The van der Waals surface area contributed by atoms with Crippen molar-refractivity contribution in [2.75, 3.05) is 5.32 Å². The predicted molar refractivity (Wildman–Crippen MR) is 109 cm³/mol. The second-order valence-electron chi connectivity index (χ2n) is 6.89. The molecule has 0 aliphatic heterocycles. The number of nitrogens with zero attached hydrogens (tertiary/aromatic N) is 4. The summed E-state index contributed by atoms with van der Waals surface area (Å²) in [4.78, 5) is 11.7. The number of benzene rings is 2. The van der Waals surface area contributed by atoms with Crippen molar-refractivity contribution in [3.8, 4) is 11.3 Å². The van der Waals surface area contributed by atoms with E-state index in [1.807, 2.05) is 30.3 Å².